The summed E-state index contributed by atoms with van der Waals surface area (Å²) in [5.74, 6) is 0.844. The molecule has 2 N–H and O–H groups in total. The van der Waals surface area contributed by atoms with E-state index in [4.69, 9.17) is 9.88 Å². The molecule has 9 heteroatoms. The molecule has 2 aromatic heterocycles. The lowest BCUT2D eigenvalue weighted by Gasteiger charge is -2.09. The second kappa shape index (κ2) is 4.94. The van der Waals surface area contributed by atoms with Crippen molar-refractivity contribution in [3.63, 3.8) is 0 Å². The van der Waals surface area contributed by atoms with Crippen LogP contribution in [-0.2, 0) is 16.6 Å². The molecule has 0 aliphatic rings. The Balaban J connectivity index is 2.67. The average Bonchev–Trinajstić information content (AvgIpc) is 2.82. The van der Waals surface area contributed by atoms with Gasteiger partial charge in [0.2, 0.25) is 0 Å². The Morgan fingerprint density at radius 2 is 2.16 bits per heavy atom. The second-order valence-corrected chi connectivity index (χ2v) is 5.13. The van der Waals surface area contributed by atoms with E-state index in [1.54, 1.807) is 19.2 Å². The normalized spacial score (nSPS) is 11.5. The monoisotopic (exact) mass is 283 g/mol. The smallest absolute Gasteiger partial charge is 0.273 e. The van der Waals surface area contributed by atoms with Crippen molar-refractivity contribution in [3.05, 3.63) is 18.5 Å². The Hall–Kier alpha value is -2.00. The van der Waals surface area contributed by atoms with Crippen LogP contribution in [0.4, 0.5) is 0 Å². The summed E-state index contributed by atoms with van der Waals surface area (Å²) in [6, 6.07) is 1.67. The number of ether oxygens (including phenoxy) is 1. The summed E-state index contributed by atoms with van der Waals surface area (Å²) in [6.45, 7) is 2.13. The number of methoxy groups -OCH3 is 1. The van der Waals surface area contributed by atoms with Crippen LogP contribution in [0.5, 0.6) is 5.75 Å². The number of hydrogen-bond acceptors (Lipinski definition) is 6. The molecular formula is C10H13N5O3S. The van der Waals surface area contributed by atoms with E-state index in [1.807, 2.05) is 0 Å². The highest BCUT2D eigenvalue weighted by Gasteiger charge is 2.22. The Labute approximate surface area is 110 Å². The molecule has 8 nitrogen and oxygen atoms in total. The van der Waals surface area contributed by atoms with E-state index in [9.17, 15) is 8.42 Å². The van der Waals surface area contributed by atoms with E-state index >= 15 is 0 Å². The van der Waals surface area contributed by atoms with Gasteiger partial charge in [0, 0.05) is 12.7 Å². The summed E-state index contributed by atoms with van der Waals surface area (Å²) in [5.41, 5.74) is 0.599. The van der Waals surface area contributed by atoms with Crippen molar-refractivity contribution in [2.75, 3.05) is 7.11 Å². The molecule has 0 radical (unpaired) electrons. The lowest BCUT2D eigenvalue weighted by atomic mass is 10.2. The van der Waals surface area contributed by atoms with Gasteiger partial charge in [0.05, 0.1) is 18.9 Å². The van der Waals surface area contributed by atoms with Gasteiger partial charge < -0.3 is 4.74 Å². The van der Waals surface area contributed by atoms with Crippen molar-refractivity contribution in [2.45, 2.75) is 18.6 Å². The van der Waals surface area contributed by atoms with Crippen molar-refractivity contribution < 1.29 is 13.2 Å². The van der Waals surface area contributed by atoms with E-state index in [0.29, 0.717) is 23.7 Å². The fraction of sp³-hybridized carbons (Fsp3) is 0.300. The minimum absolute atomic E-state index is 0.274. The molecule has 102 valence electrons. The first-order chi connectivity index (χ1) is 8.99. The van der Waals surface area contributed by atoms with Crippen LogP contribution >= 0.6 is 0 Å². The van der Waals surface area contributed by atoms with E-state index in [-0.39, 0.29) is 5.16 Å². The van der Waals surface area contributed by atoms with Gasteiger partial charge in [-0.05, 0) is 13.0 Å². The van der Waals surface area contributed by atoms with E-state index in [1.165, 1.54) is 17.9 Å². The van der Waals surface area contributed by atoms with Crippen LogP contribution in [0.2, 0.25) is 0 Å². The van der Waals surface area contributed by atoms with Crippen LogP contribution in [0.25, 0.3) is 11.4 Å². The van der Waals surface area contributed by atoms with Crippen LogP contribution < -0.4 is 9.88 Å². The number of primary sulfonamides is 1. The summed E-state index contributed by atoms with van der Waals surface area (Å²) in [7, 11) is -2.43. The molecular weight excluding hydrogens is 270 g/mol. The molecule has 0 fully saturated rings. The summed E-state index contributed by atoms with van der Waals surface area (Å²) < 4.78 is 29.4. The summed E-state index contributed by atoms with van der Waals surface area (Å²) in [6.07, 6.45) is 3.07. The molecule has 0 bridgehead atoms. The minimum Gasteiger partial charge on any atom is -0.494 e. The minimum atomic E-state index is -3.92. The van der Waals surface area contributed by atoms with Gasteiger partial charge in [-0.15, -0.1) is 10.2 Å². The number of nitrogens with zero attached hydrogens (tertiary/aromatic N) is 4. The zero-order valence-corrected chi connectivity index (χ0v) is 11.3. The number of sulfonamides is 1. The highest BCUT2D eigenvalue weighted by Crippen LogP contribution is 2.28. The van der Waals surface area contributed by atoms with Gasteiger partial charge in [-0.1, -0.05) is 0 Å². The number of rotatable bonds is 4. The molecule has 2 aromatic rings. The first-order valence-corrected chi connectivity index (χ1v) is 6.98. The molecule has 2 heterocycles. The van der Waals surface area contributed by atoms with Crippen molar-refractivity contribution in [1.29, 1.82) is 0 Å². The van der Waals surface area contributed by atoms with Gasteiger partial charge in [-0.3, -0.25) is 9.55 Å². The van der Waals surface area contributed by atoms with Crippen LogP contribution in [-0.4, -0.2) is 35.3 Å². The quantitative estimate of drug-likeness (QED) is 0.846. The topological polar surface area (TPSA) is 113 Å². The maximum Gasteiger partial charge on any atom is 0.273 e. The molecule has 0 saturated carbocycles. The first-order valence-electron chi connectivity index (χ1n) is 5.43. The summed E-state index contributed by atoms with van der Waals surface area (Å²) in [5, 5.41) is 12.3. The van der Waals surface area contributed by atoms with Gasteiger partial charge in [-0.2, -0.15) is 0 Å². The molecule has 0 aliphatic carbocycles. The zero-order valence-electron chi connectivity index (χ0n) is 10.4. The highest BCUT2D eigenvalue weighted by molar-refractivity contribution is 7.89. The zero-order chi connectivity index (χ0) is 14.0. The molecule has 0 aliphatic heterocycles. The molecule has 19 heavy (non-hydrogen) atoms. The molecule has 0 spiro atoms. The lowest BCUT2D eigenvalue weighted by Crippen LogP contribution is -2.18. The Kier molecular flexibility index (Phi) is 3.49. The van der Waals surface area contributed by atoms with Crippen LogP contribution in [0.3, 0.4) is 0 Å². The SMILES string of the molecule is CCn1c(-c2ccncc2OC)nnc1S(N)(=O)=O. The van der Waals surface area contributed by atoms with Crippen LogP contribution in [0.15, 0.2) is 23.6 Å². The van der Waals surface area contributed by atoms with Gasteiger partial charge >= 0.3 is 0 Å². The number of nitrogens with two attached hydrogens (primary N) is 1. The molecule has 0 atom stereocenters. The van der Waals surface area contributed by atoms with Crippen molar-refractivity contribution in [2.24, 2.45) is 5.14 Å². The van der Waals surface area contributed by atoms with Gasteiger partial charge in [0.1, 0.15) is 5.75 Å². The van der Waals surface area contributed by atoms with Gasteiger partial charge in [0.25, 0.3) is 15.2 Å². The highest BCUT2D eigenvalue weighted by atomic mass is 32.2. The average molecular weight is 283 g/mol. The Bertz CT molecular complexity index is 695. The molecule has 0 saturated heterocycles. The molecule has 0 amide bonds. The third kappa shape index (κ3) is 2.42. The van der Waals surface area contributed by atoms with E-state index < -0.39 is 10.0 Å². The Morgan fingerprint density at radius 1 is 1.42 bits per heavy atom. The Morgan fingerprint density at radius 3 is 2.74 bits per heavy atom. The third-order valence-corrected chi connectivity index (χ3v) is 3.34. The predicted molar refractivity (Wildman–Crippen MR) is 66.9 cm³/mol. The van der Waals surface area contributed by atoms with Gasteiger partial charge in [-0.25, -0.2) is 13.6 Å². The summed E-state index contributed by atoms with van der Waals surface area (Å²) in [4.78, 5) is 3.93. The maximum absolute atomic E-state index is 11.4. The largest absolute Gasteiger partial charge is 0.494 e. The first kappa shape index (κ1) is 13.4. The number of pyridine rings is 1. The number of hydrogen-bond donors (Lipinski definition) is 1. The lowest BCUT2D eigenvalue weighted by molar-refractivity contribution is 0.414. The standard InChI is InChI=1S/C10H13N5O3S/c1-3-15-9(13-14-10(15)19(11,16)17)7-4-5-12-6-8(7)18-2/h4-6H,3H2,1-2H3,(H2,11,16,17). The van der Waals surface area contributed by atoms with E-state index in [0.717, 1.165) is 0 Å². The van der Waals surface area contributed by atoms with E-state index in [2.05, 4.69) is 15.2 Å². The molecule has 0 unspecified atom stereocenters. The molecule has 2 rings (SSSR count). The van der Waals surface area contributed by atoms with Crippen molar-refractivity contribution in [3.8, 4) is 17.1 Å². The fourth-order valence-corrected chi connectivity index (χ4v) is 2.39. The second-order valence-electron chi connectivity index (χ2n) is 3.67. The fourth-order valence-electron chi connectivity index (χ4n) is 1.71. The number of aromatic nitrogens is 4. The van der Waals surface area contributed by atoms with Crippen LogP contribution in [0, 0.1) is 0 Å². The van der Waals surface area contributed by atoms with Crippen molar-refractivity contribution >= 4 is 10.0 Å². The predicted octanol–water partition coefficient (Wildman–Crippen LogP) is 0.0160. The maximum atomic E-state index is 11.4. The summed E-state index contributed by atoms with van der Waals surface area (Å²) >= 11 is 0. The van der Waals surface area contributed by atoms with Crippen LogP contribution in [0.1, 0.15) is 6.92 Å². The van der Waals surface area contributed by atoms with Gasteiger partial charge in [0.15, 0.2) is 5.82 Å². The van der Waals surface area contributed by atoms with Crippen molar-refractivity contribution in [1.82, 2.24) is 19.7 Å². The molecule has 0 aromatic carbocycles. The third-order valence-electron chi connectivity index (χ3n) is 2.53.